The van der Waals surface area contributed by atoms with Gasteiger partial charge in [-0.05, 0) is 24.3 Å². The van der Waals surface area contributed by atoms with Gasteiger partial charge in [0.15, 0.2) is 5.65 Å². The van der Waals surface area contributed by atoms with Crippen LogP contribution in [-0.4, -0.2) is 26.9 Å². The maximum Gasteiger partial charge on any atom is 0.166 e. The van der Waals surface area contributed by atoms with Crippen LogP contribution >= 0.6 is 0 Å². The molecule has 4 aromatic rings. The molecule has 0 spiro atoms. The van der Waals surface area contributed by atoms with Crippen LogP contribution in [0.1, 0.15) is 0 Å². The fourth-order valence-corrected chi connectivity index (χ4v) is 2.66. The van der Waals surface area contributed by atoms with Crippen molar-refractivity contribution in [3.63, 3.8) is 0 Å². The Bertz CT molecular complexity index is 963. The minimum Gasteiger partial charge on any atom is -0.496 e. The molecule has 0 aliphatic rings. The van der Waals surface area contributed by atoms with Crippen molar-refractivity contribution in [2.75, 3.05) is 7.11 Å². The Hall–Kier alpha value is -3.21. The van der Waals surface area contributed by atoms with Crippen LogP contribution in [0.25, 0.3) is 28.0 Å². The second-order valence-electron chi connectivity index (χ2n) is 5.05. The van der Waals surface area contributed by atoms with Gasteiger partial charge in [0.1, 0.15) is 12.1 Å². The summed E-state index contributed by atoms with van der Waals surface area (Å²) in [5.41, 5.74) is 3.48. The number of aromatic nitrogens is 4. The van der Waals surface area contributed by atoms with Crippen molar-refractivity contribution in [1.29, 1.82) is 0 Å². The van der Waals surface area contributed by atoms with Crippen molar-refractivity contribution in [3.8, 4) is 22.7 Å². The highest BCUT2D eigenvalue weighted by atomic mass is 16.5. The van der Waals surface area contributed by atoms with Crippen molar-refractivity contribution in [2.45, 2.75) is 0 Å². The summed E-state index contributed by atoms with van der Waals surface area (Å²) in [5.74, 6) is 0.778. The summed E-state index contributed by atoms with van der Waals surface area (Å²) in [6.45, 7) is 0. The molecule has 112 valence electrons. The molecule has 23 heavy (non-hydrogen) atoms. The molecule has 0 atom stereocenters. The molecule has 0 bridgehead atoms. The lowest BCUT2D eigenvalue weighted by molar-refractivity contribution is 0.416. The van der Waals surface area contributed by atoms with Gasteiger partial charge in [-0.3, -0.25) is 0 Å². The van der Waals surface area contributed by atoms with Crippen LogP contribution in [0.3, 0.4) is 0 Å². The number of fused-ring (bicyclic) bond motifs is 1. The van der Waals surface area contributed by atoms with E-state index in [9.17, 15) is 0 Å². The minimum absolute atomic E-state index is 0.770. The van der Waals surface area contributed by atoms with E-state index < -0.39 is 0 Å². The zero-order valence-corrected chi connectivity index (χ0v) is 12.5. The fourth-order valence-electron chi connectivity index (χ4n) is 2.66. The number of hydrogen-bond donors (Lipinski definition) is 0. The van der Waals surface area contributed by atoms with Crippen LogP contribution in [0.15, 0.2) is 67.1 Å². The van der Waals surface area contributed by atoms with Crippen LogP contribution in [-0.2, 0) is 0 Å². The highest BCUT2D eigenvalue weighted by Crippen LogP contribution is 2.32. The van der Waals surface area contributed by atoms with Crippen molar-refractivity contribution in [3.05, 3.63) is 67.1 Å². The van der Waals surface area contributed by atoms with Gasteiger partial charge in [-0.25, -0.2) is 14.6 Å². The molecular weight excluding hydrogens is 288 g/mol. The van der Waals surface area contributed by atoms with Crippen LogP contribution in [0.5, 0.6) is 5.75 Å². The quantitative estimate of drug-likeness (QED) is 0.581. The van der Waals surface area contributed by atoms with Crippen LogP contribution in [0.2, 0.25) is 0 Å². The number of nitrogens with zero attached hydrogens (tertiary/aromatic N) is 4. The third-order valence-electron chi connectivity index (χ3n) is 3.73. The average Bonchev–Trinajstić information content (AvgIpc) is 3.06. The first-order valence-electron chi connectivity index (χ1n) is 7.26. The summed E-state index contributed by atoms with van der Waals surface area (Å²) in [5, 5.41) is 5.37. The number of hydrogen-bond acceptors (Lipinski definition) is 4. The third kappa shape index (κ3) is 2.23. The van der Waals surface area contributed by atoms with E-state index in [1.54, 1.807) is 19.6 Å². The number of benzene rings is 2. The van der Waals surface area contributed by atoms with E-state index >= 15 is 0 Å². The van der Waals surface area contributed by atoms with Gasteiger partial charge in [0.25, 0.3) is 0 Å². The summed E-state index contributed by atoms with van der Waals surface area (Å²) >= 11 is 0. The molecule has 0 unspecified atom stereocenters. The molecule has 2 aromatic carbocycles. The zero-order valence-electron chi connectivity index (χ0n) is 12.5. The molecule has 0 amide bonds. The molecule has 2 aromatic heterocycles. The van der Waals surface area contributed by atoms with Gasteiger partial charge >= 0.3 is 0 Å². The molecule has 0 N–H and O–H groups in total. The second-order valence-corrected chi connectivity index (χ2v) is 5.05. The number of para-hydroxylation sites is 2. The van der Waals surface area contributed by atoms with Gasteiger partial charge in [0.2, 0.25) is 0 Å². The molecular formula is C18H14N4O. The van der Waals surface area contributed by atoms with E-state index in [0.29, 0.717) is 0 Å². The number of rotatable bonds is 3. The highest BCUT2D eigenvalue weighted by molar-refractivity contribution is 5.92. The predicted molar refractivity (Wildman–Crippen MR) is 88.6 cm³/mol. The van der Waals surface area contributed by atoms with E-state index in [1.165, 1.54) is 0 Å². The maximum atomic E-state index is 5.45. The Morgan fingerprint density at radius 1 is 0.913 bits per heavy atom. The van der Waals surface area contributed by atoms with Crippen molar-refractivity contribution < 1.29 is 4.74 Å². The normalized spacial score (nSPS) is 10.8. The standard InChI is InChI=1S/C18H14N4O/c1-23-16-10-6-5-9-14(16)17-15-11-21-22(18(15)20-12-19-17)13-7-3-2-4-8-13/h2-12H,1H3. The minimum atomic E-state index is 0.770. The lowest BCUT2D eigenvalue weighted by atomic mass is 10.1. The molecule has 0 saturated carbocycles. The molecule has 0 saturated heterocycles. The lowest BCUT2D eigenvalue weighted by Gasteiger charge is -2.08. The van der Waals surface area contributed by atoms with Crippen molar-refractivity contribution in [2.24, 2.45) is 0 Å². The topological polar surface area (TPSA) is 52.8 Å². The summed E-state index contributed by atoms with van der Waals surface area (Å²) in [6.07, 6.45) is 3.36. The van der Waals surface area contributed by atoms with Gasteiger partial charge < -0.3 is 4.74 Å². The molecule has 5 heteroatoms. The summed E-state index contributed by atoms with van der Waals surface area (Å²) < 4.78 is 7.27. The second kappa shape index (κ2) is 5.53. The summed E-state index contributed by atoms with van der Waals surface area (Å²) in [7, 11) is 1.66. The first-order chi connectivity index (χ1) is 11.4. The van der Waals surface area contributed by atoms with Crippen LogP contribution in [0, 0.1) is 0 Å². The Kier molecular flexibility index (Phi) is 3.24. The SMILES string of the molecule is COc1ccccc1-c1ncnc2c1cnn2-c1ccccc1. The zero-order chi connectivity index (χ0) is 15.6. The van der Waals surface area contributed by atoms with Gasteiger partial charge in [0.05, 0.1) is 30.1 Å². The molecule has 5 nitrogen and oxygen atoms in total. The third-order valence-corrected chi connectivity index (χ3v) is 3.73. The lowest BCUT2D eigenvalue weighted by Crippen LogP contribution is -1.98. The smallest absolute Gasteiger partial charge is 0.166 e. The monoisotopic (exact) mass is 302 g/mol. The Balaban J connectivity index is 1.95. The van der Waals surface area contributed by atoms with E-state index in [0.717, 1.165) is 33.7 Å². The summed E-state index contributed by atoms with van der Waals surface area (Å²) in [4.78, 5) is 8.86. The molecule has 2 heterocycles. The number of methoxy groups -OCH3 is 1. The van der Waals surface area contributed by atoms with Crippen LogP contribution in [0.4, 0.5) is 0 Å². The number of ether oxygens (including phenoxy) is 1. The van der Waals surface area contributed by atoms with E-state index in [4.69, 9.17) is 4.74 Å². The van der Waals surface area contributed by atoms with Gasteiger partial charge in [-0.1, -0.05) is 30.3 Å². The average molecular weight is 302 g/mol. The Morgan fingerprint density at radius 2 is 1.70 bits per heavy atom. The first kappa shape index (κ1) is 13.5. The maximum absolute atomic E-state index is 5.45. The molecule has 0 radical (unpaired) electrons. The van der Waals surface area contributed by atoms with Gasteiger partial charge in [-0.2, -0.15) is 5.10 Å². The van der Waals surface area contributed by atoms with E-state index in [2.05, 4.69) is 15.1 Å². The highest BCUT2D eigenvalue weighted by Gasteiger charge is 2.14. The van der Waals surface area contributed by atoms with Gasteiger partial charge in [-0.15, -0.1) is 0 Å². The Labute approximate surface area is 133 Å². The molecule has 4 rings (SSSR count). The molecule has 0 aliphatic carbocycles. The van der Waals surface area contributed by atoms with E-state index in [-0.39, 0.29) is 0 Å². The van der Waals surface area contributed by atoms with Crippen LogP contribution < -0.4 is 4.74 Å². The van der Waals surface area contributed by atoms with Crippen molar-refractivity contribution >= 4 is 11.0 Å². The molecule has 0 aliphatic heterocycles. The molecule has 0 fully saturated rings. The predicted octanol–water partition coefficient (Wildman–Crippen LogP) is 3.49. The fraction of sp³-hybridized carbons (Fsp3) is 0.0556. The Morgan fingerprint density at radius 3 is 2.52 bits per heavy atom. The van der Waals surface area contributed by atoms with Crippen molar-refractivity contribution in [1.82, 2.24) is 19.7 Å². The first-order valence-corrected chi connectivity index (χ1v) is 7.26. The van der Waals surface area contributed by atoms with E-state index in [1.807, 2.05) is 59.3 Å². The summed E-state index contributed by atoms with van der Waals surface area (Å²) in [6, 6.07) is 17.7. The van der Waals surface area contributed by atoms with Gasteiger partial charge in [0, 0.05) is 5.56 Å². The largest absolute Gasteiger partial charge is 0.496 e.